The Balaban J connectivity index is 1.91. The van der Waals surface area contributed by atoms with Crippen LogP contribution in [0.3, 0.4) is 0 Å². The molecule has 1 N–H and O–H groups in total. The van der Waals surface area contributed by atoms with E-state index in [9.17, 15) is 9.90 Å². The monoisotopic (exact) mass is 421 g/mol. The molecule has 0 aliphatic carbocycles. The first-order valence-electron chi connectivity index (χ1n) is 10.7. The summed E-state index contributed by atoms with van der Waals surface area (Å²) in [6.07, 6.45) is 2.07. The summed E-state index contributed by atoms with van der Waals surface area (Å²) in [6.45, 7) is 6.73. The van der Waals surface area contributed by atoms with Crippen LogP contribution in [0.2, 0.25) is 0 Å². The first kappa shape index (κ1) is 22.5. The maximum absolute atomic E-state index is 12.5. The van der Waals surface area contributed by atoms with Gasteiger partial charge in [0.15, 0.2) is 5.69 Å². The number of nitrogens with zero attached hydrogens (tertiary/aromatic N) is 5. The van der Waals surface area contributed by atoms with Gasteiger partial charge in [0, 0.05) is 30.7 Å². The molecule has 0 saturated carbocycles. The molecule has 0 unspecified atom stereocenters. The highest BCUT2D eigenvalue weighted by Crippen LogP contribution is 2.39. The Kier molecular flexibility index (Phi) is 7.41. The van der Waals surface area contributed by atoms with Gasteiger partial charge in [0.05, 0.1) is 12.2 Å². The lowest BCUT2D eigenvalue weighted by molar-refractivity contribution is 0.0995. The number of carbonyl (C=O) groups is 1. The number of anilines is 1. The van der Waals surface area contributed by atoms with Gasteiger partial charge in [-0.25, -0.2) is 0 Å². The molecule has 1 heterocycles. The van der Waals surface area contributed by atoms with Gasteiger partial charge in [0.2, 0.25) is 5.88 Å². The van der Waals surface area contributed by atoms with Gasteiger partial charge >= 0.3 is 0 Å². The maximum Gasteiger partial charge on any atom is 0.295 e. The minimum absolute atomic E-state index is 0.0258. The van der Waals surface area contributed by atoms with Crippen molar-refractivity contribution in [2.75, 3.05) is 32.1 Å². The predicted molar refractivity (Wildman–Crippen MR) is 125 cm³/mol. The molecule has 0 radical (unpaired) electrons. The molecule has 0 aliphatic rings. The van der Waals surface area contributed by atoms with Gasteiger partial charge in [-0.1, -0.05) is 32.0 Å². The van der Waals surface area contributed by atoms with Gasteiger partial charge < -0.3 is 10.0 Å². The molecule has 1 aromatic heterocycles. The molecule has 0 spiro atoms. The van der Waals surface area contributed by atoms with Gasteiger partial charge in [0.25, 0.3) is 5.91 Å². The second kappa shape index (κ2) is 10.2. The highest BCUT2D eigenvalue weighted by molar-refractivity contribution is 5.97. The second-order valence-electron chi connectivity index (χ2n) is 7.82. The molecule has 0 aliphatic heterocycles. The molecule has 2 aromatic carbocycles. The summed E-state index contributed by atoms with van der Waals surface area (Å²) >= 11 is 0. The number of hydrogen-bond acceptors (Lipinski definition) is 5. The van der Waals surface area contributed by atoms with E-state index in [-0.39, 0.29) is 5.88 Å². The third-order valence-corrected chi connectivity index (χ3v) is 5.21. The smallest absolute Gasteiger partial charge is 0.295 e. The fourth-order valence-corrected chi connectivity index (χ4v) is 3.65. The third kappa shape index (κ3) is 5.11. The number of aromatic hydroxyl groups is 1. The van der Waals surface area contributed by atoms with E-state index >= 15 is 0 Å². The Labute approximate surface area is 183 Å². The number of amides is 1. The lowest BCUT2D eigenvalue weighted by Crippen LogP contribution is -2.27. The van der Waals surface area contributed by atoms with Crippen molar-refractivity contribution in [2.45, 2.75) is 33.4 Å². The normalized spacial score (nSPS) is 11.6. The van der Waals surface area contributed by atoms with E-state index in [1.54, 1.807) is 12.1 Å². The Hall–Kier alpha value is -3.19. The quantitative estimate of drug-likeness (QED) is 0.469. The van der Waals surface area contributed by atoms with Crippen LogP contribution in [0.1, 0.15) is 37.0 Å². The van der Waals surface area contributed by atoms with E-state index in [4.69, 9.17) is 0 Å². The number of para-hydroxylation sites is 1. The second-order valence-corrected chi connectivity index (χ2v) is 7.82. The lowest BCUT2D eigenvalue weighted by atomic mass is 10.2. The minimum Gasteiger partial charge on any atom is -0.493 e. The van der Waals surface area contributed by atoms with E-state index < -0.39 is 5.91 Å². The topological polar surface area (TPSA) is 73.4 Å². The Bertz CT molecular complexity index is 1050. The number of benzene rings is 2. The van der Waals surface area contributed by atoms with Gasteiger partial charge in [-0.15, -0.1) is 10.2 Å². The lowest BCUT2D eigenvalue weighted by Gasteiger charge is -2.22. The number of aromatic nitrogens is 1. The SMILES string of the molecule is CCCN(CCC)Cn1c(O)c(N=NC(=O)c2ccc(N(C)C)cc2)c2ccccc21. The largest absolute Gasteiger partial charge is 0.493 e. The van der Waals surface area contributed by atoms with Crippen LogP contribution < -0.4 is 4.90 Å². The zero-order valence-electron chi connectivity index (χ0n) is 18.7. The number of azo groups is 1. The average molecular weight is 422 g/mol. The standard InChI is InChI=1S/C24H31N5O2/c1-5-15-28(16-6-2)17-29-21-10-8-7-9-20(21)22(24(29)31)25-26-23(30)18-11-13-19(14-12-18)27(3)4/h7-14,31H,5-6,15-17H2,1-4H3. The average Bonchev–Trinajstić information content (AvgIpc) is 3.03. The number of rotatable bonds is 9. The van der Waals surface area contributed by atoms with E-state index in [1.807, 2.05) is 60.0 Å². The van der Waals surface area contributed by atoms with Crippen LogP contribution in [-0.2, 0) is 6.67 Å². The fourth-order valence-electron chi connectivity index (χ4n) is 3.65. The third-order valence-electron chi connectivity index (χ3n) is 5.21. The first-order chi connectivity index (χ1) is 15.0. The zero-order chi connectivity index (χ0) is 22.4. The molecule has 164 valence electrons. The van der Waals surface area contributed by atoms with Crippen LogP contribution in [0.5, 0.6) is 5.88 Å². The van der Waals surface area contributed by atoms with Crippen molar-refractivity contribution in [1.82, 2.24) is 9.47 Å². The Morgan fingerprint density at radius 3 is 2.26 bits per heavy atom. The Morgan fingerprint density at radius 2 is 1.65 bits per heavy atom. The molecule has 0 atom stereocenters. The van der Waals surface area contributed by atoms with E-state index in [1.165, 1.54) is 0 Å². The van der Waals surface area contributed by atoms with Crippen molar-refractivity contribution < 1.29 is 9.90 Å². The van der Waals surface area contributed by atoms with Crippen LogP contribution in [0.25, 0.3) is 10.9 Å². The van der Waals surface area contributed by atoms with Crippen LogP contribution >= 0.6 is 0 Å². The molecule has 0 saturated heterocycles. The molecule has 0 bridgehead atoms. The fraction of sp³-hybridized carbons (Fsp3) is 0.375. The summed E-state index contributed by atoms with van der Waals surface area (Å²) < 4.78 is 1.84. The zero-order valence-corrected chi connectivity index (χ0v) is 18.7. The molecule has 7 nitrogen and oxygen atoms in total. The summed E-state index contributed by atoms with van der Waals surface area (Å²) in [5, 5.41) is 19.8. The summed E-state index contributed by atoms with van der Waals surface area (Å²) in [4.78, 5) is 16.8. The predicted octanol–water partition coefficient (Wildman–Crippen LogP) is 5.42. The van der Waals surface area contributed by atoms with Crippen molar-refractivity contribution in [3.63, 3.8) is 0 Å². The molecule has 1 amide bonds. The van der Waals surface area contributed by atoms with Gasteiger partial charge in [-0.2, -0.15) is 0 Å². The number of carbonyl (C=O) groups excluding carboxylic acids is 1. The highest BCUT2D eigenvalue weighted by atomic mass is 16.3. The van der Waals surface area contributed by atoms with Gasteiger partial charge in [-0.05, 0) is 56.3 Å². The summed E-state index contributed by atoms with van der Waals surface area (Å²) in [5.41, 5.74) is 2.64. The molecular formula is C24H31N5O2. The van der Waals surface area contributed by atoms with Crippen molar-refractivity contribution >= 4 is 28.2 Å². The van der Waals surface area contributed by atoms with E-state index in [0.29, 0.717) is 17.9 Å². The molecule has 0 fully saturated rings. The summed E-state index contributed by atoms with van der Waals surface area (Å²) in [7, 11) is 3.88. The number of hydrogen-bond donors (Lipinski definition) is 1. The first-order valence-corrected chi connectivity index (χ1v) is 10.7. The molecular weight excluding hydrogens is 390 g/mol. The summed E-state index contributed by atoms with van der Waals surface area (Å²) in [5.74, 6) is -0.418. The van der Waals surface area contributed by atoms with Crippen LogP contribution in [0.4, 0.5) is 11.4 Å². The Morgan fingerprint density at radius 1 is 1.00 bits per heavy atom. The molecule has 7 heteroatoms. The van der Waals surface area contributed by atoms with Crippen molar-refractivity contribution in [2.24, 2.45) is 10.2 Å². The van der Waals surface area contributed by atoms with Crippen molar-refractivity contribution in [3.05, 3.63) is 54.1 Å². The highest BCUT2D eigenvalue weighted by Gasteiger charge is 2.18. The maximum atomic E-state index is 12.5. The van der Waals surface area contributed by atoms with Gasteiger partial charge in [-0.3, -0.25) is 14.3 Å². The van der Waals surface area contributed by atoms with Crippen LogP contribution in [0, 0.1) is 0 Å². The molecule has 3 rings (SSSR count). The number of fused-ring (bicyclic) bond motifs is 1. The van der Waals surface area contributed by atoms with E-state index in [2.05, 4.69) is 29.0 Å². The summed E-state index contributed by atoms with van der Waals surface area (Å²) in [6, 6.07) is 14.8. The minimum atomic E-state index is -0.444. The van der Waals surface area contributed by atoms with Crippen molar-refractivity contribution in [3.8, 4) is 5.88 Å². The van der Waals surface area contributed by atoms with Crippen LogP contribution in [-0.4, -0.2) is 47.7 Å². The van der Waals surface area contributed by atoms with Crippen LogP contribution in [0.15, 0.2) is 58.8 Å². The molecule has 3 aromatic rings. The molecule has 31 heavy (non-hydrogen) atoms. The van der Waals surface area contributed by atoms with Crippen molar-refractivity contribution in [1.29, 1.82) is 0 Å². The van der Waals surface area contributed by atoms with E-state index in [0.717, 1.165) is 42.5 Å². The van der Waals surface area contributed by atoms with Gasteiger partial charge in [0.1, 0.15) is 0 Å².